The lowest BCUT2D eigenvalue weighted by atomic mass is 10.00. The van der Waals surface area contributed by atoms with E-state index in [1.54, 1.807) is 13.3 Å². The lowest BCUT2D eigenvalue weighted by Gasteiger charge is -2.16. The Balaban J connectivity index is 1.57. The van der Waals surface area contributed by atoms with Gasteiger partial charge in [0.1, 0.15) is 18.2 Å². The predicted octanol–water partition coefficient (Wildman–Crippen LogP) is 5.62. The zero-order valence-corrected chi connectivity index (χ0v) is 20.0. The van der Waals surface area contributed by atoms with Gasteiger partial charge >= 0.3 is 6.09 Å². The van der Waals surface area contributed by atoms with Gasteiger partial charge in [0.15, 0.2) is 6.17 Å². The molecule has 2 heterocycles. The highest BCUT2D eigenvalue weighted by Crippen LogP contribution is 2.33. The van der Waals surface area contributed by atoms with Gasteiger partial charge in [-0.3, -0.25) is 14.9 Å². The molecule has 1 aromatic heterocycles. The molecule has 176 valence electrons. The lowest BCUT2D eigenvalue weighted by molar-refractivity contribution is 0.135. The van der Waals surface area contributed by atoms with Crippen LogP contribution in [0.4, 0.5) is 4.79 Å². The number of fused-ring (bicyclic) bond motifs is 3. The van der Waals surface area contributed by atoms with Gasteiger partial charge in [0.2, 0.25) is 0 Å². The van der Waals surface area contributed by atoms with Crippen molar-refractivity contribution in [3.8, 4) is 11.4 Å². The number of ether oxygens (including phenoxy) is 2. The van der Waals surface area contributed by atoms with Crippen molar-refractivity contribution >= 4 is 23.4 Å². The minimum Gasteiger partial charge on any atom is -0.497 e. The fourth-order valence-corrected chi connectivity index (χ4v) is 4.21. The molecule has 1 aliphatic heterocycles. The number of aryl methyl sites for hydroxylation is 1. The van der Waals surface area contributed by atoms with Crippen molar-refractivity contribution in [1.82, 2.24) is 14.9 Å². The number of hydrogen-bond donors (Lipinski definition) is 1. The third kappa shape index (κ3) is 4.63. The molecule has 3 aromatic carbocycles. The largest absolute Gasteiger partial charge is 0.497 e. The average molecular weight is 487 g/mol. The van der Waals surface area contributed by atoms with Crippen LogP contribution in [0.15, 0.2) is 84.0 Å². The highest BCUT2D eigenvalue weighted by molar-refractivity contribution is 6.30. The molecule has 1 aliphatic rings. The molecule has 5 rings (SSSR count). The Labute approximate surface area is 208 Å². The standard InChI is InChI=1S/C27H23ClN4O3/c1-17-29-15-24-26(31-27(33)35-16-18-6-4-3-5-7-18)30-25(19-8-10-20(28)11-9-19)22-14-21(34-2)12-13-23(22)32(17)24/h3-15,26H,16H2,1-2H3,(H,31,33)/t26-/m0/s1. The molecule has 0 bridgehead atoms. The fraction of sp³-hybridized carbons (Fsp3) is 0.148. The normalized spacial score (nSPS) is 14.3. The number of benzene rings is 3. The number of nitrogens with zero attached hydrogens (tertiary/aromatic N) is 3. The summed E-state index contributed by atoms with van der Waals surface area (Å²) in [6.45, 7) is 2.07. The van der Waals surface area contributed by atoms with Gasteiger partial charge in [-0.15, -0.1) is 0 Å². The first-order valence-corrected chi connectivity index (χ1v) is 11.5. The average Bonchev–Trinajstić information content (AvgIpc) is 3.21. The summed E-state index contributed by atoms with van der Waals surface area (Å²) in [5, 5.41) is 3.53. The molecule has 0 spiro atoms. The van der Waals surface area contributed by atoms with Crippen molar-refractivity contribution in [3.63, 3.8) is 0 Å². The maximum absolute atomic E-state index is 12.8. The number of nitrogens with one attached hydrogen (secondary N) is 1. The van der Waals surface area contributed by atoms with E-state index in [0.717, 1.165) is 33.9 Å². The number of rotatable bonds is 5. The second kappa shape index (κ2) is 9.64. The highest BCUT2D eigenvalue weighted by Gasteiger charge is 2.28. The second-order valence-electron chi connectivity index (χ2n) is 8.04. The number of aliphatic imine (C=N–C) groups is 1. The molecule has 1 amide bonds. The van der Waals surface area contributed by atoms with Crippen LogP contribution in [-0.4, -0.2) is 28.5 Å². The third-order valence-electron chi connectivity index (χ3n) is 5.79. The topological polar surface area (TPSA) is 77.7 Å². The highest BCUT2D eigenvalue weighted by atomic mass is 35.5. The lowest BCUT2D eigenvalue weighted by Crippen LogP contribution is -2.29. The minimum atomic E-state index is -0.733. The van der Waals surface area contributed by atoms with Crippen LogP contribution in [0.1, 0.15) is 34.4 Å². The SMILES string of the molecule is COc1ccc2c(c1)C(c1ccc(Cl)cc1)=N[C@@H](NC(=O)OCc1ccccc1)c1cnc(C)n1-2. The van der Waals surface area contributed by atoms with E-state index in [2.05, 4.69) is 10.3 Å². The number of carbonyl (C=O) groups excluding carboxylic acids is 1. The molecule has 0 radical (unpaired) electrons. The van der Waals surface area contributed by atoms with Crippen molar-refractivity contribution in [2.24, 2.45) is 4.99 Å². The number of carbonyl (C=O) groups is 1. The molecule has 8 heteroatoms. The fourth-order valence-electron chi connectivity index (χ4n) is 4.08. The number of imidazole rings is 1. The van der Waals surface area contributed by atoms with E-state index in [4.69, 9.17) is 26.1 Å². The molecule has 35 heavy (non-hydrogen) atoms. The van der Waals surface area contributed by atoms with Gasteiger partial charge in [-0.25, -0.2) is 9.78 Å². The van der Waals surface area contributed by atoms with Gasteiger partial charge in [-0.1, -0.05) is 54.1 Å². The zero-order valence-electron chi connectivity index (χ0n) is 19.2. The Bertz CT molecular complexity index is 1400. The summed E-state index contributed by atoms with van der Waals surface area (Å²) in [6.07, 6.45) is 0.412. The molecule has 1 atom stereocenters. The van der Waals surface area contributed by atoms with Crippen LogP contribution in [0.2, 0.25) is 5.02 Å². The summed E-state index contributed by atoms with van der Waals surface area (Å²) in [7, 11) is 1.62. The van der Waals surface area contributed by atoms with Gasteiger partial charge in [0.05, 0.1) is 30.4 Å². The predicted molar refractivity (Wildman–Crippen MR) is 134 cm³/mol. The molecule has 0 saturated heterocycles. The van der Waals surface area contributed by atoms with E-state index in [1.807, 2.05) is 84.3 Å². The molecular weight excluding hydrogens is 464 g/mol. The first-order valence-electron chi connectivity index (χ1n) is 11.1. The Morgan fingerprint density at radius 2 is 1.86 bits per heavy atom. The number of amides is 1. The van der Waals surface area contributed by atoms with Gasteiger partial charge in [0.25, 0.3) is 0 Å². The van der Waals surface area contributed by atoms with Crippen molar-refractivity contribution in [2.75, 3.05) is 7.11 Å². The van der Waals surface area contributed by atoms with E-state index < -0.39 is 12.3 Å². The van der Waals surface area contributed by atoms with Crippen LogP contribution < -0.4 is 10.1 Å². The van der Waals surface area contributed by atoms with Crippen LogP contribution in [0.3, 0.4) is 0 Å². The smallest absolute Gasteiger partial charge is 0.409 e. The summed E-state index contributed by atoms with van der Waals surface area (Å²) in [4.78, 5) is 22.3. The van der Waals surface area contributed by atoms with Crippen LogP contribution in [0.5, 0.6) is 5.75 Å². The number of aromatic nitrogens is 2. The van der Waals surface area contributed by atoms with E-state index in [9.17, 15) is 4.79 Å². The van der Waals surface area contributed by atoms with Gasteiger partial charge in [-0.05, 0) is 42.8 Å². The summed E-state index contributed by atoms with van der Waals surface area (Å²) in [6, 6.07) is 22.7. The number of alkyl carbamates (subject to hydrolysis) is 1. The third-order valence-corrected chi connectivity index (χ3v) is 6.04. The summed E-state index contributed by atoms with van der Waals surface area (Å²) < 4.78 is 13.0. The summed E-state index contributed by atoms with van der Waals surface area (Å²) in [5.74, 6) is 1.46. The molecule has 4 aromatic rings. The second-order valence-corrected chi connectivity index (χ2v) is 8.48. The van der Waals surface area contributed by atoms with Crippen LogP contribution in [0, 0.1) is 6.92 Å². The first-order chi connectivity index (χ1) is 17.0. The summed E-state index contributed by atoms with van der Waals surface area (Å²) >= 11 is 6.14. The molecule has 0 aliphatic carbocycles. The molecule has 1 N–H and O–H groups in total. The van der Waals surface area contributed by atoms with Crippen LogP contribution in [-0.2, 0) is 11.3 Å². The Morgan fingerprint density at radius 3 is 2.60 bits per heavy atom. The van der Waals surface area contributed by atoms with Crippen molar-refractivity contribution in [1.29, 1.82) is 0 Å². The van der Waals surface area contributed by atoms with Crippen LogP contribution >= 0.6 is 11.6 Å². The molecular formula is C27H23ClN4O3. The minimum absolute atomic E-state index is 0.156. The van der Waals surface area contributed by atoms with E-state index >= 15 is 0 Å². The first kappa shape index (κ1) is 22.7. The Kier molecular flexibility index (Phi) is 6.25. The molecule has 0 fully saturated rings. The van der Waals surface area contributed by atoms with Crippen molar-refractivity contribution < 1.29 is 14.3 Å². The molecule has 7 nitrogen and oxygen atoms in total. The van der Waals surface area contributed by atoms with Crippen molar-refractivity contribution in [3.05, 3.63) is 112 Å². The Morgan fingerprint density at radius 1 is 1.09 bits per heavy atom. The van der Waals surface area contributed by atoms with E-state index in [1.165, 1.54) is 0 Å². The van der Waals surface area contributed by atoms with E-state index in [-0.39, 0.29) is 6.61 Å². The molecule has 0 unspecified atom stereocenters. The zero-order chi connectivity index (χ0) is 24.4. The maximum Gasteiger partial charge on any atom is 0.409 e. The number of hydrogen-bond acceptors (Lipinski definition) is 5. The van der Waals surface area contributed by atoms with Gasteiger partial charge < -0.3 is 9.47 Å². The van der Waals surface area contributed by atoms with E-state index in [0.29, 0.717) is 16.5 Å². The van der Waals surface area contributed by atoms with Crippen LogP contribution in [0.25, 0.3) is 5.69 Å². The Hall–Kier alpha value is -4.10. The number of methoxy groups -OCH3 is 1. The number of halogens is 1. The maximum atomic E-state index is 12.8. The monoisotopic (exact) mass is 486 g/mol. The quantitative estimate of drug-likeness (QED) is 0.397. The summed E-state index contributed by atoms with van der Waals surface area (Å²) in [5.41, 5.74) is 4.88. The van der Waals surface area contributed by atoms with Gasteiger partial charge in [-0.2, -0.15) is 0 Å². The van der Waals surface area contributed by atoms with Gasteiger partial charge in [0, 0.05) is 16.1 Å². The van der Waals surface area contributed by atoms with Crippen molar-refractivity contribution in [2.45, 2.75) is 19.7 Å². The molecule has 0 saturated carbocycles.